The van der Waals surface area contributed by atoms with Crippen LogP contribution in [0, 0.1) is 0 Å². The summed E-state index contributed by atoms with van der Waals surface area (Å²) in [4.78, 5) is 0. The summed E-state index contributed by atoms with van der Waals surface area (Å²) < 4.78 is 11.0. The van der Waals surface area contributed by atoms with Gasteiger partial charge in [0.15, 0.2) is 0 Å². The second kappa shape index (κ2) is 7.12. The summed E-state index contributed by atoms with van der Waals surface area (Å²) >= 11 is 0. The first-order chi connectivity index (χ1) is 7.76. The summed E-state index contributed by atoms with van der Waals surface area (Å²) in [6, 6.07) is 7.48. The van der Waals surface area contributed by atoms with Crippen LogP contribution in [-0.4, -0.2) is 24.4 Å². The third kappa shape index (κ3) is 4.53. The van der Waals surface area contributed by atoms with Gasteiger partial charge in [0.2, 0.25) is 0 Å². The highest BCUT2D eigenvalue weighted by atomic mass is 16.5. The number of rotatable bonds is 7. The number of aliphatic hydroxyl groups is 1. The molecule has 0 aliphatic rings. The lowest BCUT2D eigenvalue weighted by Gasteiger charge is -2.14. The van der Waals surface area contributed by atoms with Crippen LogP contribution in [0.2, 0.25) is 0 Å². The molecule has 0 fully saturated rings. The molecular formula is C13H20O3. The fourth-order valence-corrected chi connectivity index (χ4v) is 1.48. The zero-order chi connectivity index (χ0) is 11.8. The van der Waals surface area contributed by atoms with Crippen molar-refractivity contribution in [3.63, 3.8) is 0 Å². The molecule has 0 saturated heterocycles. The van der Waals surface area contributed by atoms with Crippen molar-refractivity contribution in [2.24, 2.45) is 0 Å². The van der Waals surface area contributed by atoms with Gasteiger partial charge in [-0.05, 0) is 37.6 Å². The van der Waals surface area contributed by atoms with Crippen LogP contribution in [0.25, 0.3) is 0 Å². The maximum absolute atomic E-state index is 8.61. The fourth-order valence-electron chi connectivity index (χ4n) is 1.48. The predicted molar refractivity (Wildman–Crippen MR) is 64.0 cm³/mol. The van der Waals surface area contributed by atoms with Gasteiger partial charge in [-0.2, -0.15) is 0 Å². The predicted octanol–water partition coefficient (Wildman–Crippen LogP) is 2.63. The zero-order valence-corrected chi connectivity index (χ0v) is 9.98. The first-order valence-corrected chi connectivity index (χ1v) is 5.76. The molecule has 0 amide bonds. The molecule has 1 aromatic carbocycles. The van der Waals surface area contributed by atoms with Gasteiger partial charge < -0.3 is 14.6 Å². The largest absolute Gasteiger partial charge is 0.491 e. The number of ether oxygens (including phenoxy) is 2. The Bertz CT molecular complexity index is 282. The Hall–Kier alpha value is -1.22. The fraction of sp³-hybridized carbons (Fsp3) is 0.538. The van der Waals surface area contributed by atoms with Crippen molar-refractivity contribution in [1.29, 1.82) is 0 Å². The average Bonchev–Trinajstić information content (AvgIpc) is 2.28. The lowest BCUT2D eigenvalue weighted by Crippen LogP contribution is -2.10. The van der Waals surface area contributed by atoms with Gasteiger partial charge in [0, 0.05) is 0 Å². The van der Waals surface area contributed by atoms with Gasteiger partial charge in [0.25, 0.3) is 0 Å². The van der Waals surface area contributed by atoms with Crippen LogP contribution < -0.4 is 9.47 Å². The van der Waals surface area contributed by atoms with E-state index in [0.717, 1.165) is 24.3 Å². The minimum absolute atomic E-state index is 0.0335. The van der Waals surface area contributed by atoms with E-state index in [1.54, 1.807) is 0 Å². The monoisotopic (exact) mass is 224 g/mol. The molecule has 0 bridgehead atoms. The molecule has 0 heterocycles. The summed E-state index contributed by atoms with van der Waals surface area (Å²) in [6.45, 7) is 4.57. The molecule has 0 aromatic heterocycles. The Kier molecular flexibility index (Phi) is 5.72. The van der Waals surface area contributed by atoms with Crippen molar-refractivity contribution in [2.75, 3.05) is 13.2 Å². The number of hydrogen-bond acceptors (Lipinski definition) is 3. The highest BCUT2D eigenvalue weighted by molar-refractivity contribution is 5.31. The van der Waals surface area contributed by atoms with Gasteiger partial charge in [0.1, 0.15) is 18.1 Å². The van der Waals surface area contributed by atoms with E-state index in [2.05, 4.69) is 13.8 Å². The molecule has 1 N–H and O–H groups in total. The van der Waals surface area contributed by atoms with Crippen molar-refractivity contribution >= 4 is 0 Å². The summed E-state index contributed by atoms with van der Waals surface area (Å²) in [5.74, 6) is 1.61. The Morgan fingerprint density at radius 3 is 2.38 bits per heavy atom. The van der Waals surface area contributed by atoms with Gasteiger partial charge in [-0.3, -0.25) is 0 Å². The van der Waals surface area contributed by atoms with E-state index in [1.165, 1.54) is 0 Å². The van der Waals surface area contributed by atoms with Crippen molar-refractivity contribution in [3.8, 4) is 11.5 Å². The van der Waals surface area contributed by atoms with Gasteiger partial charge in [-0.1, -0.05) is 13.3 Å². The van der Waals surface area contributed by atoms with Crippen molar-refractivity contribution in [1.82, 2.24) is 0 Å². The molecule has 0 saturated carbocycles. The Morgan fingerprint density at radius 1 is 1.19 bits per heavy atom. The normalized spacial score (nSPS) is 12.2. The molecule has 0 radical (unpaired) electrons. The Labute approximate surface area is 97.0 Å². The highest BCUT2D eigenvalue weighted by Crippen LogP contribution is 2.19. The van der Waals surface area contributed by atoms with Crippen LogP contribution in [0.15, 0.2) is 24.3 Å². The van der Waals surface area contributed by atoms with Crippen LogP contribution in [0.4, 0.5) is 0 Å². The highest BCUT2D eigenvalue weighted by Gasteiger charge is 2.02. The van der Waals surface area contributed by atoms with E-state index in [9.17, 15) is 0 Å². The summed E-state index contributed by atoms with van der Waals surface area (Å²) in [5.41, 5.74) is 0. The van der Waals surface area contributed by atoms with Crippen LogP contribution in [-0.2, 0) is 0 Å². The zero-order valence-electron chi connectivity index (χ0n) is 9.98. The van der Waals surface area contributed by atoms with Gasteiger partial charge in [-0.25, -0.2) is 0 Å². The van der Waals surface area contributed by atoms with Crippen molar-refractivity contribution in [2.45, 2.75) is 32.8 Å². The second-order valence-electron chi connectivity index (χ2n) is 3.76. The minimum atomic E-state index is 0.0335. The average molecular weight is 224 g/mol. The second-order valence-corrected chi connectivity index (χ2v) is 3.76. The third-order valence-electron chi connectivity index (χ3n) is 2.22. The smallest absolute Gasteiger partial charge is 0.119 e. The molecule has 0 aliphatic carbocycles. The molecule has 3 nitrogen and oxygen atoms in total. The van der Waals surface area contributed by atoms with Crippen LogP contribution in [0.3, 0.4) is 0 Å². The van der Waals surface area contributed by atoms with Crippen molar-refractivity contribution < 1.29 is 14.6 Å². The molecule has 1 unspecified atom stereocenters. The number of hydrogen-bond donors (Lipinski definition) is 1. The molecule has 1 atom stereocenters. The maximum Gasteiger partial charge on any atom is 0.119 e. The van der Waals surface area contributed by atoms with Gasteiger partial charge in [-0.15, -0.1) is 0 Å². The summed E-state index contributed by atoms with van der Waals surface area (Å²) in [6.07, 6.45) is 2.43. The molecule has 3 heteroatoms. The number of aliphatic hydroxyl groups excluding tert-OH is 1. The molecule has 0 spiro atoms. The number of benzene rings is 1. The maximum atomic E-state index is 8.61. The minimum Gasteiger partial charge on any atom is -0.491 e. The Balaban J connectivity index is 2.44. The Morgan fingerprint density at radius 2 is 1.81 bits per heavy atom. The van der Waals surface area contributed by atoms with Crippen LogP contribution in [0.5, 0.6) is 11.5 Å². The molecular weight excluding hydrogens is 204 g/mol. The third-order valence-corrected chi connectivity index (χ3v) is 2.22. The molecule has 90 valence electrons. The molecule has 0 aliphatic heterocycles. The first-order valence-electron chi connectivity index (χ1n) is 5.76. The molecule has 16 heavy (non-hydrogen) atoms. The van der Waals surface area contributed by atoms with Crippen LogP contribution >= 0.6 is 0 Å². The van der Waals surface area contributed by atoms with Gasteiger partial charge in [0.05, 0.1) is 12.7 Å². The van der Waals surface area contributed by atoms with E-state index in [1.807, 2.05) is 24.3 Å². The quantitative estimate of drug-likeness (QED) is 0.773. The summed E-state index contributed by atoms with van der Waals surface area (Å²) in [7, 11) is 0. The molecule has 1 aromatic rings. The van der Waals surface area contributed by atoms with E-state index < -0.39 is 0 Å². The van der Waals surface area contributed by atoms with Crippen molar-refractivity contribution in [3.05, 3.63) is 24.3 Å². The van der Waals surface area contributed by atoms with E-state index in [4.69, 9.17) is 14.6 Å². The first kappa shape index (κ1) is 12.8. The van der Waals surface area contributed by atoms with Crippen LogP contribution in [0.1, 0.15) is 26.7 Å². The standard InChI is InChI=1S/C13H20O3/c1-3-4-11(2)16-13-7-5-12(6-8-13)15-10-9-14/h5-8,11,14H,3-4,9-10H2,1-2H3. The van der Waals surface area contributed by atoms with E-state index in [-0.39, 0.29) is 12.7 Å². The SMILES string of the molecule is CCCC(C)Oc1ccc(OCCO)cc1. The van der Waals surface area contributed by atoms with E-state index >= 15 is 0 Å². The lowest BCUT2D eigenvalue weighted by molar-refractivity contribution is 0.199. The molecule has 1 rings (SSSR count). The summed E-state index contributed by atoms with van der Waals surface area (Å²) in [5, 5.41) is 8.61. The van der Waals surface area contributed by atoms with Gasteiger partial charge >= 0.3 is 0 Å². The van der Waals surface area contributed by atoms with E-state index in [0.29, 0.717) is 6.61 Å². The topological polar surface area (TPSA) is 38.7 Å². The lowest BCUT2D eigenvalue weighted by atomic mass is 10.2.